The molecule has 0 aliphatic rings. The van der Waals surface area contributed by atoms with E-state index >= 15 is 0 Å². The van der Waals surface area contributed by atoms with E-state index in [1.807, 2.05) is 7.05 Å². The van der Waals surface area contributed by atoms with Crippen molar-refractivity contribution in [1.29, 1.82) is 0 Å². The van der Waals surface area contributed by atoms with Gasteiger partial charge < -0.3 is 10.6 Å². The molecule has 0 saturated carbocycles. The topological polar surface area (TPSA) is 24.1 Å². The molecule has 0 fully saturated rings. The fourth-order valence-corrected chi connectivity index (χ4v) is 1.22. The van der Waals surface area contributed by atoms with E-state index in [0.717, 1.165) is 25.6 Å². The fraction of sp³-hybridized carbons (Fsp3) is 1.00. The number of hydrogen-bond donors (Lipinski definition) is 2. The molecule has 0 aliphatic carbocycles. The summed E-state index contributed by atoms with van der Waals surface area (Å²) in [5, 5.41) is 6.56. The molecule has 0 bridgehead atoms. The van der Waals surface area contributed by atoms with Crippen LogP contribution in [0.5, 0.6) is 0 Å². The molecule has 0 rings (SSSR count). The Morgan fingerprint density at radius 2 is 2.00 bits per heavy atom. The van der Waals surface area contributed by atoms with Crippen LogP contribution in [0.3, 0.4) is 0 Å². The van der Waals surface area contributed by atoms with Crippen LogP contribution in [0, 0.1) is 5.92 Å². The van der Waals surface area contributed by atoms with Crippen LogP contribution in [0.15, 0.2) is 0 Å². The van der Waals surface area contributed by atoms with Crippen molar-refractivity contribution in [3.63, 3.8) is 0 Å². The second-order valence-electron chi connectivity index (χ2n) is 2.97. The first-order valence-electron chi connectivity index (χ1n) is 4.70. The van der Waals surface area contributed by atoms with Crippen molar-refractivity contribution in [2.75, 3.05) is 26.7 Å². The Bertz CT molecular complexity index is 74.0. The van der Waals surface area contributed by atoms with Crippen LogP contribution in [-0.4, -0.2) is 26.7 Å². The Labute approximate surface area is 70.8 Å². The minimum Gasteiger partial charge on any atom is -0.319 e. The molecule has 0 saturated heterocycles. The van der Waals surface area contributed by atoms with Crippen LogP contribution in [0.25, 0.3) is 0 Å². The molecule has 0 aliphatic heterocycles. The van der Waals surface area contributed by atoms with Crippen molar-refractivity contribution < 1.29 is 0 Å². The summed E-state index contributed by atoms with van der Waals surface area (Å²) in [6.45, 7) is 7.82. The third kappa shape index (κ3) is 6.32. The number of rotatable bonds is 7. The van der Waals surface area contributed by atoms with Gasteiger partial charge in [-0.05, 0) is 39.0 Å². The van der Waals surface area contributed by atoms with E-state index in [0.29, 0.717) is 0 Å². The average molecular weight is 158 g/mol. The molecule has 1 atom stereocenters. The van der Waals surface area contributed by atoms with Gasteiger partial charge in [-0.2, -0.15) is 0 Å². The van der Waals surface area contributed by atoms with Crippen LogP contribution in [0.2, 0.25) is 0 Å². The van der Waals surface area contributed by atoms with Gasteiger partial charge in [0.05, 0.1) is 0 Å². The van der Waals surface area contributed by atoms with Crippen LogP contribution >= 0.6 is 0 Å². The Morgan fingerprint density at radius 3 is 2.45 bits per heavy atom. The third-order valence-corrected chi connectivity index (χ3v) is 2.05. The van der Waals surface area contributed by atoms with Crippen molar-refractivity contribution in [1.82, 2.24) is 10.6 Å². The minimum atomic E-state index is 0.846. The number of hydrogen-bond acceptors (Lipinski definition) is 2. The zero-order chi connectivity index (χ0) is 8.53. The van der Waals surface area contributed by atoms with Gasteiger partial charge in [-0.25, -0.2) is 0 Å². The number of nitrogens with one attached hydrogen (secondary N) is 2. The summed E-state index contributed by atoms with van der Waals surface area (Å²) in [4.78, 5) is 0. The van der Waals surface area contributed by atoms with E-state index in [4.69, 9.17) is 0 Å². The van der Waals surface area contributed by atoms with Gasteiger partial charge in [0.25, 0.3) is 0 Å². The van der Waals surface area contributed by atoms with E-state index in [2.05, 4.69) is 24.5 Å². The molecule has 2 N–H and O–H groups in total. The maximum absolute atomic E-state index is 3.34. The first kappa shape index (κ1) is 10.9. The van der Waals surface area contributed by atoms with Crippen LogP contribution in [0.1, 0.15) is 26.7 Å². The lowest BCUT2D eigenvalue weighted by molar-refractivity contribution is 0.437. The average Bonchev–Trinajstić information content (AvgIpc) is 2.03. The van der Waals surface area contributed by atoms with E-state index in [-0.39, 0.29) is 0 Å². The molecule has 2 nitrogen and oxygen atoms in total. The molecule has 0 radical (unpaired) electrons. The first-order valence-corrected chi connectivity index (χ1v) is 4.70. The summed E-state index contributed by atoms with van der Waals surface area (Å²) < 4.78 is 0. The lowest BCUT2D eigenvalue weighted by atomic mass is 10.0. The third-order valence-electron chi connectivity index (χ3n) is 2.05. The lowest BCUT2D eigenvalue weighted by Crippen LogP contribution is -2.23. The highest BCUT2D eigenvalue weighted by molar-refractivity contribution is 4.60. The molecule has 11 heavy (non-hydrogen) atoms. The molecule has 0 aromatic rings. The highest BCUT2D eigenvalue weighted by Gasteiger charge is 2.02. The van der Waals surface area contributed by atoms with Crippen molar-refractivity contribution in [2.24, 2.45) is 5.92 Å². The molecular weight excluding hydrogens is 136 g/mol. The quantitative estimate of drug-likeness (QED) is 0.545. The van der Waals surface area contributed by atoms with E-state index in [9.17, 15) is 0 Å². The van der Waals surface area contributed by atoms with Gasteiger partial charge in [-0.1, -0.05) is 20.3 Å². The molecule has 0 aromatic heterocycles. The van der Waals surface area contributed by atoms with Crippen molar-refractivity contribution >= 4 is 0 Å². The molecule has 1 unspecified atom stereocenters. The zero-order valence-electron chi connectivity index (χ0n) is 8.11. The zero-order valence-corrected chi connectivity index (χ0v) is 8.11. The Morgan fingerprint density at radius 1 is 1.27 bits per heavy atom. The largest absolute Gasteiger partial charge is 0.319 e. The van der Waals surface area contributed by atoms with Gasteiger partial charge in [0.15, 0.2) is 0 Å². The smallest absolute Gasteiger partial charge is 0.00231 e. The predicted octanol–water partition coefficient (Wildman–Crippen LogP) is 1.23. The normalized spacial score (nSPS) is 13.4. The summed E-state index contributed by atoms with van der Waals surface area (Å²) in [7, 11) is 2.02. The predicted molar refractivity (Wildman–Crippen MR) is 50.9 cm³/mol. The van der Waals surface area contributed by atoms with Gasteiger partial charge in [0, 0.05) is 0 Å². The second kappa shape index (κ2) is 8.02. The summed E-state index contributed by atoms with van der Waals surface area (Å²) in [6.07, 6.45) is 2.58. The Hall–Kier alpha value is -0.0800. The van der Waals surface area contributed by atoms with E-state index < -0.39 is 0 Å². The second-order valence-corrected chi connectivity index (χ2v) is 2.97. The van der Waals surface area contributed by atoms with Gasteiger partial charge in [0.2, 0.25) is 0 Å². The SMILES string of the molecule is CCNCCC(CC)CNC. The minimum absolute atomic E-state index is 0.846. The van der Waals surface area contributed by atoms with Crippen molar-refractivity contribution in [3.8, 4) is 0 Å². The molecule has 68 valence electrons. The molecule has 2 heteroatoms. The van der Waals surface area contributed by atoms with Gasteiger partial charge >= 0.3 is 0 Å². The summed E-state index contributed by atoms with van der Waals surface area (Å²) in [5.41, 5.74) is 0. The van der Waals surface area contributed by atoms with Crippen LogP contribution in [0.4, 0.5) is 0 Å². The molecule has 0 spiro atoms. The van der Waals surface area contributed by atoms with Crippen molar-refractivity contribution in [2.45, 2.75) is 26.7 Å². The summed E-state index contributed by atoms with van der Waals surface area (Å²) in [6, 6.07) is 0. The van der Waals surface area contributed by atoms with E-state index in [1.165, 1.54) is 12.8 Å². The van der Waals surface area contributed by atoms with Gasteiger partial charge in [0.1, 0.15) is 0 Å². The fourth-order valence-electron chi connectivity index (χ4n) is 1.22. The van der Waals surface area contributed by atoms with E-state index in [1.54, 1.807) is 0 Å². The lowest BCUT2D eigenvalue weighted by Gasteiger charge is -2.13. The molecular formula is C9H22N2. The highest BCUT2D eigenvalue weighted by Crippen LogP contribution is 2.04. The summed E-state index contributed by atoms with van der Waals surface area (Å²) >= 11 is 0. The Balaban J connectivity index is 3.20. The van der Waals surface area contributed by atoms with Gasteiger partial charge in [-0.3, -0.25) is 0 Å². The standard InChI is InChI=1S/C9H22N2/c1-4-9(8-10-3)6-7-11-5-2/h9-11H,4-8H2,1-3H3. The van der Waals surface area contributed by atoms with Gasteiger partial charge in [-0.15, -0.1) is 0 Å². The molecule has 0 aromatic carbocycles. The highest BCUT2D eigenvalue weighted by atomic mass is 14.8. The van der Waals surface area contributed by atoms with Crippen LogP contribution < -0.4 is 10.6 Å². The molecule has 0 heterocycles. The van der Waals surface area contributed by atoms with Crippen molar-refractivity contribution in [3.05, 3.63) is 0 Å². The monoisotopic (exact) mass is 158 g/mol. The maximum Gasteiger partial charge on any atom is -0.00231 e. The first-order chi connectivity index (χ1) is 5.35. The van der Waals surface area contributed by atoms with Crippen LogP contribution in [-0.2, 0) is 0 Å². The molecule has 0 amide bonds. The summed E-state index contributed by atoms with van der Waals surface area (Å²) in [5.74, 6) is 0.846. The maximum atomic E-state index is 3.34. The Kier molecular flexibility index (Phi) is 7.96.